The van der Waals surface area contributed by atoms with E-state index in [2.05, 4.69) is 5.32 Å². The molecule has 2 aromatic carbocycles. The van der Waals surface area contributed by atoms with E-state index in [1.807, 2.05) is 30.3 Å². The molecule has 0 fully saturated rings. The number of rotatable bonds is 6. The molecule has 0 saturated heterocycles. The number of para-hydroxylation sites is 2. The molecule has 2 rings (SSSR count). The molecule has 0 saturated carbocycles. The summed E-state index contributed by atoms with van der Waals surface area (Å²) >= 11 is 0. The number of ether oxygens (including phenoxy) is 1. The number of nitro benzene ring substituents is 1. The van der Waals surface area contributed by atoms with Gasteiger partial charge in [0, 0.05) is 5.56 Å². The predicted molar refractivity (Wildman–Crippen MR) is 82.1 cm³/mol. The van der Waals surface area contributed by atoms with E-state index in [1.54, 1.807) is 19.1 Å². The summed E-state index contributed by atoms with van der Waals surface area (Å²) in [6.45, 7) is 2.15. The third-order valence-corrected chi connectivity index (χ3v) is 3.06. The van der Waals surface area contributed by atoms with E-state index in [0.717, 1.165) is 0 Å². The van der Waals surface area contributed by atoms with Crippen LogP contribution in [0.25, 0.3) is 0 Å². The van der Waals surface area contributed by atoms with Gasteiger partial charge in [-0.05, 0) is 25.1 Å². The minimum atomic E-state index is -0.537. The highest BCUT2D eigenvalue weighted by molar-refractivity contribution is 5.98. The zero-order valence-corrected chi connectivity index (χ0v) is 12.1. The quantitative estimate of drug-likeness (QED) is 0.505. The zero-order valence-electron chi connectivity index (χ0n) is 12.1. The summed E-state index contributed by atoms with van der Waals surface area (Å²) in [5.74, 6) is 0.227. The molecule has 22 heavy (non-hydrogen) atoms. The van der Waals surface area contributed by atoms with Gasteiger partial charge >= 0.3 is 0 Å². The van der Waals surface area contributed by atoms with Gasteiger partial charge < -0.3 is 10.1 Å². The fourth-order valence-electron chi connectivity index (χ4n) is 2.03. The highest BCUT2D eigenvalue weighted by atomic mass is 16.6. The molecule has 6 heteroatoms. The normalized spacial score (nSPS) is 10.0. The first kappa shape index (κ1) is 15.5. The van der Waals surface area contributed by atoms with Crippen molar-refractivity contribution < 1.29 is 14.5 Å². The smallest absolute Gasteiger partial charge is 0.285 e. The molecule has 1 N–H and O–H groups in total. The molecule has 1 amide bonds. The van der Waals surface area contributed by atoms with Crippen LogP contribution in [0.15, 0.2) is 48.5 Å². The molecule has 0 heterocycles. The van der Waals surface area contributed by atoms with Gasteiger partial charge in [0.2, 0.25) is 0 Å². The summed E-state index contributed by atoms with van der Waals surface area (Å²) in [7, 11) is 0. The average molecular weight is 300 g/mol. The Balaban J connectivity index is 1.93. The van der Waals surface area contributed by atoms with E-state index in [9.17, 15) is 14.9 Å². The fraction of sp³-hybridized carbons (Fsp3) is 0.188. The molecule has 6 nitrogen and oxygen atoms in total. The summed E-state index contributed by atoms with van der Waals surface area (Å²) in [6, 6.07) is 13.9. The maximum atomic E-state index is 12.1. The van der Waals surface area contributed by atoms with Crippen LogP contribution in [-0.4, -0.2) is 24.0 Å². The maximum Gasteiger partial charge on any atom is 0.285 e. The predicted octanol–water partition coefficient (Wildman–Crippen LogP) is 2.71. The molecule has 0 aliphatic carbocycles. The Bertz CT molecular complexity index is 671. The van der Waals surface area contributed by atoms with Gasteiger partial charge in [-0.3, -0.25) is 14.9 Å². The van der Waals surface area contributed by atoms with Crippen molar-refractivity contribution in [3.05, 3.63) is 69.8 Å². The fourth-order valence-corrected chi connectivity index (χ4v) is 2.03. The standard InChI is InChI=1S/C16H16N2O4/c1-12-6-5-9-14(15(12)18(20)21)16(19)17-10-11-22-13-7-3-2-4-8-13/h2-9H,10-11H2,1H3,(H,17,19). The molecule has 114 valence electrons. The molecule has 0 aliphatic heterocycles. The Morgan fingerprint density at radius 2 is 1.91 bits per heavy atom. The van der Waals surface area contributed by atoms with Crippen molar-refractivity contribution in [2.75, 3.05) is 13.2 Å². The molecule has 0 aliphatic rings. The van der Waals surface area contributed by atoms with Gasteiger partial charge in [0.25, 0.3) is 11.6 Å². The number of amides is 1. The van der Waals surface area contributed by atoms with Gasteiger partial charge in [0.15, 0.2) is 0 Å². The molecule has 0 atom stereocenters. The first-order valence-corrected chi connectivity index (χ1v) is 6.79. The number of carbonyl (C=O) groups is 1. The van der Waals surface area contributed by atoms with Crippen molar-refractivity contribution in [2.24, 2.45) is 0 Å². The number of aryl methyl sites for hydroxylation is 1. The number of carbonyl (C=O) groups excluding carboxylic acids is 1. The minimum Gasteiger partial charge on any atom is -0.492 e. The van der Waals surface area contributed by atoms with Crippen LogP contribution < -0.4 is 10.1 Å². The summed E-state index contributed by atoms with van der Waals surface area (Å²) in [5.41, 5.74) is 0.354. The van der Waals surface area contributed by atoms with Gasteiger partial charge in [-0.25, -0.2) is 0 Å². The number of nitrogens with one attached hydrogen (secondary N) is 1. The van der Waals surface area contributed by atoms with E-state index in [4.69, 9.17) is 4.74 Å². The van der Waals surface area contributed by atoms with Crippen molar-refractivity contribution in [1.82, 2.24) is 5.32 Å². The van der Waals surface area contributed by atoms with E-state index < -0.39 is 10.8 Å². The molecule has 0 aromatic heterocycles. The highest BCUT2D eigenvalue weighted by Crippen LogP contribution is 2.22. The van der Waals surface area contributed by atoms with Gasteiger partial charge in [0.1, 0.15) is 17.9 Å². The molecule has 2 aromatic rings. The molecule has 0 spiro atoms. The lowest BCUT2D eigenvalue weighted by Crippen LogP contribution is -2.28. The Morgan fingerprint density at radius 3 is 2.59 bits per heavy atom. The van der Waals surface area contributed by atoms with Crippen molar-refractivity contribution >= 4 is 11.6 Å². The van der Waals surface area contributed by atoms with Crippen LogP contribution in [0.4, 0.5) is 5.69 Å². The lowest BCUT2D eigenvalue weighted by molar-refractivity contribution is -0.385. The topological polar surface area (TPSA) is 81.5 Å². The Hall–Kier alpha value is -2.89. The van der Waals surface area contributed by atoms with E-state index in [-0.39, 0.29) is 24.4 Å². The second-order valence-electron chi connectivity index (χ2n) is 4.65. The van der Waals surface area contributed by atoms with Crippen LogP contribution in [0.3, 0.4) is 0 Å². The van der Waals surface area contributed by atoms with Crippen molar-refractivity contribution in [1.29, 1.82) is 0 Å². The molecule has 0 unspecified atom stereocenters. The highest BCUT2D eigenvalue weighted by Gasteiger charge is 2.21. The van der Waals surface area contributed by atoms with Crippen molar-refractivity contribution in [3.8, 4) is 5.75 Å². The van der Waals surface area contributed by atoms with Crippen LogP contribution in [-0.2, 0) is 0 Å². The van der Waals surface area contributed by atoms with Gasteiger partial charge in [-0.2, -0.15) is 0 Å². The molecule has 0 radical (unpaired) electrons. The lowest BCUT2D eigenvalue weighted by Gasteiger charge is -2.08. The molecule has 0 bridgehead atoms. The van der Waals surface area contributed by atoms with Crippen molar-refractivity contribution in [3.63, 3.8) is 0 Å². The maximum absolute atomic E-state index is 12.1. The number of nitro groups is 1. The summed E-state index contributed by atoms with van der Waals surface area (Å²) < 4.78 is 5.45. The number of hydrogen-bond acceptors (Lipinski definition) is 4. The van der Waals surface area contributed by atoms with E-state index in [1.165, 1.54) is 6.07 Å². The Labute approximate surface area is 127 Å². The largest absolute Gasteiger partial charge is 0.492 e. The van der Waals surface area contributed by atoms with Crippen LogP contribution in [0, 0.1) is 17.0 Å². The van der Waals surface area contributed by atoms with Crippen LogP contribution >= 0.6 is 0 Å². The lowest BCUT2D eigenvalue weighted by atomic mass is 10.1. The minimum absolute atomic E-state index is 0.0599. The third kappa shape index (κ3) is 3.82. The third-order valence-electron chi connectivity index (χ3n) is 3.06. The Kier molecular flexibility index (Phi) is 5.08. The number of nitrogens with zero attached hydrogens (tertiary/aromatic N) is 1. The number of benzene rings is 2. The monoisotopic (exact) mass is 300 g/mol. The van der Waals surface area contributed by atoms with E-state index >= 15 is 0 Å². The van der Waals surface area contributed by atoms with Crippen molar-refractivity contribution in [2.45, 2.75) is 6.92 Å². The van der Waals surface area contributed by atoms with Gasteiger partial charge in [-0.1, -0.05) is 30.3 Å². The van der Waals surface area contributed by atoms with E-state index in [0.29, 0.717) is 11.3 Å². The molecular weight excluding hydrogens is 284 g/mol. The molecular formula is C16H16N2O4. The van der Waals surface area contributed by atoms with Crippen LogP contribution in [0.2, 0.25) is 0 Å². The summed E-state index contributed by atoms with van der Waals surface area (Å²) in [5, 5.41) is 13.7. The zero-order chi connectivity index (χ0) is 15.9. The first-order valence-electron chi connectivity index (χ1n) is 6.79. The second kappa shape index (κ2) is 7.21. The second-order valence-corrected chi connectivity index (χ2v) is 4.65. The van der Waals surface area contributed by atoms with Gasteiger partial charge in [-0.15, -0.1) is 0 Å². The Morgan fingerprint density at radius 1 is 1.18 bits per heavy atom. The average Bonchev–Trinajstić information content (AvgIpc) is 2.51. The van der Waals surface area contributed by atoms with Gasteiger partial charge in [0.05, 0.1) is 11.5 Å². The first-order chi connectivity index (χ1) is 10.6. The van der Waals surface area contributed by atoms with Crippen LogP contribution in [0.1, 0.15) is 15.9 Å². The summed E-state index contributed by atoms with van der Waals surface area (Å²) in [6.07, 6.45) is 0. The summed E-state index contributed by atoms with van der Waals surface area (Å²) in [4.78, 5) is 22.6. The SMILES string of the molecule is Cc1cccc(C(=O)NCCOc2ccccc2)c1[N+](=O)[O-]. The number of hydrogen-bond donors (Lipinski definition) is 1. The van der Waals surface area contributed by atoms with Crippen LogP contribution in [0.5, 0.6) is 5.75 Å².